The van der Waals surface area contributed by atoms with E-state index in [-0.39, 0.29) is 25.1 Å². The molecule has 19 heavy (non-hydrogen) atoms. The zero-order valence-electron chi connectivity index (χ0n) is 10.7. The molecular weight excluding hydrogens is 266 g/mol. The van der Waals surface area contributed by atoms with Crippen molar-refractivity contribution < 1.29 is 9.90 Å². The van der Waals surface area contributed by atoms with Crippen LogP contribution in [0.15, 0.2) is 18.3 Å². The van der Waals surface area contributed by atoms with Crippen molar-refractivity contribution in [2.75, 3.05) is 25.0 Å². The highest BCUT2D eigenvalue weighted by atomic mass is 35.5. The van der Waals surface area contributed by atoms with E-state index < -0.39 is 0 Å². The number of hydrogen-bond acceptors (Lipinski definition) is 4. The van der Waals surface area contributed by atoms with Gasteiger partial charge in [-0.1, -0.05) is 18.0 Å². The molecule has 1 aliphatic heterocycles. The first-order valence-electron chi connectivity index (χ1n) is 6.45. The van der Waals surface area contributed by atoms with Crippen LogP contribution >= 0.6 is 11.6 Å². The summed E-state index contributed by atoms with van der Waals surface area (Å²) in [4.78, 5) is 18.0. The predicted octanol–water partition coefficient (Wildman–Crippen LogP) is 1.52. The molecule has 2 heterocycles. The molecule has 1 aromatic heterocycles. The summed E-state index contributed by atoms with van der Waals surface area (Å²) in [6.45, 7) is 1.24. The Bertz CT molecular complexity index is 424. The standard InChI is InChI=1S/C13H18ClN3O2/c14-10-4-5-12(15-7-10)16-13(19)8-17-6-2-1-3-11(17)9-18/h4-5,7,11,18H,1-3,6,8-9H2,(H,15,16,19)/t11-/m1/s1. The summed E-state index contributed by atoms with van der Waals surface area (Å²) in [6, 6.07) is 3.44. The first-order chi connectivity index (χ1) is 9.19. The number of amides is 1. The molecule has 2 rings (SSSR count). The molecule has 0 unspecified atom stereocenters. The van der Waals surface area contributed by atoms with Crippen molar-refractivity contribution in [1.29, 1.82) is 0 Å². The number of carbonyl (C=O) groups excluding carboxylic acids is 1. The van der Waals surface area contributed by atoms with E-state index in [0.717, 1.165) is 25.8 Å². The van der Waals surface area contributed by atoms with Gasteiger partial charge in [-0.2, -0.15) is 0 Å². The average Bonchev–Trinajstić information content (AvgIpc) is 2.42. The highest BCUT2D eigenvalue weighted by Crippen LogP contribution is 2.16. The summed E-state index contributed by atoms with van der Waals surface area (Å²) < 4.78 is 0. The molecule has 0 radical (unpaired) electrons. The maximum Gasteiger partial charge on any atom is 0.239 e. The number of aliphatic hydroxyl groups is 1. The second kappa shape index (κ2) is 6.84. The number of hydrogen-bond donors (Lipinski definition) is 2. The molecule has 1 atom stereocenters. The summed E-state index contributed by atoms with van der Waals surface area (Å²) in [7, 11) is 0. The molecule has 1 amide bonds. The molecule has 0 aliphatic carbocycles. The van der Waals surface area contributed by atoms with Crippen LogP contribution in [0.1, 0.15) is 19.3 Å². The Morgan fingerprint density at radius 1 is 1.53 bits per heavy atom. The first-order valence-corrected chi connectivity index (χ1v) is 6.83. The number of nitrogens with zero attached hydrogens (tertiary/aromatic N) is 2. The van der Waals surface area contributed by atoms with E-state index in [9.17, 15) is 9.90 Å². The SMILES string of the molecule is O=C(CN1CCCC[C@@H]1CO)Nc1ccc(Cl)cn1. The fraction of sp³-hybridized carbons (Fsp3) is 0.538. The van der Waals surface area contributed by atoms with Crippen LogP contribution in [0, 0.1) is 0 Å². The van der Waals surface area contributed by atoms with E-state index >= 15 is 0 Å². The second-order valence-electron chi connectivity index (χ2n) is 4.71. The molecule has 1 aromatic rings. The maximum absolute atomic E-state index is 11.9. The van der Waals surface area contributed by atoms with Gasteiger partial charge in [-0.05, 0) is 31.5 Å². The van der Waals surface area contributed by atoms with E-state index in [1.54, 1.807) is 12.1 Å². The molecule has 1 fully saturated rings. The highest BCUT2D eigenvalue weighted by Gasteiger charge is 2.23. The molecule has 0 bridgehead atoms. The van der Waals surface area contributed by atoms with Crippen molar-refractivity contribution in [3.8, 4) is 0 Å². The molecule has 0 aromatic carbocycles. The van der Waals surface area contributed by atoms with Crippen LogP contribution in [0.4, 0.5) is 5.82 Å². The Balaban J connectivity index is 1.88. The molecule has 1 aliphatic rings. The number of carbonyl (C=O) groups is 1. The van der Waals surface area contributed by atoms with Crippen LogP contribution in [0.2, 0.25) is 5.02 Å². The Morgan fingerprint density at radius 2 is 2.37 bits per heavy atom. The van der Waals surface area contributed by atoms with E-state index in [2.05, 4.69) is 10.3 Å². The minimum Gasteiger partial charge on any atom is -0.395 e. The lowest BCUT2D eigenvalue weighted by atomic mass is 10.0. The van der Waals surface area contributed by atoms with Gasteiger partial charge in [0.2, 0.25) is 5.91 Å². The lowest BCUT2D eigenvalue weighted by molar-refractivity contribution is -0.118. The number of nitrogens with one attached hydrogen (secondary N) is 1. The molecule has 104 valence electrons. The number of pyridine rings is 1. The van der Waals surface area contributed by atoms with E-state index in [1.165, 1.54) is 6.20 Å². The van der Waals surface area contributed by atoms with Crippen LogP contribution < -0.4 is 5.32 Å². The topological polar surface area (TPSA) is 65.5 Å². The Labute approximate surface area is 117 Å². The van der Waals surface area contributed by atoms with Crippen LogP contribution in [0.5, 0.6) is 0 Å². The molecular formula is C13H18ClN3O2. The normalized spacial score (nSPS) is 20.2. The number of aliphatic hydroxyl groups excluding tert-OH is 1. The average molecular weight is 284 g/mol. The van der Waals surface area contributed by atoms with Crippen LogP contribution in [-0.4, -0.2) is 46.6 Å². The molecule has 5 nitrogen and oxygen atoms in total. The zero-order chi connectivity index (χ0) is 13.7. The minimum atomic E-state index is -0.116. The molecule has 1 saturated heterocycles. The van der Waals surface area contributed by atoms with Crippen molar-refractivity contribution in [3.05, 3.63) is 23.4 Å². The second-order valence-corrected chi connectivity index (χ2v) is 5.15. The summed E-state index contributed by atoms with van der Waals surface area (Å²) in [5.74, 6) is 0.377. The summed E-state index contributed by atoms with van der Waals surface area (Å²) in [5, 5.41) is 12.6. The van der Waals surface area contributed by atoms with Gasteiger partial charge in [-0.25, -0.2) is 4.98 Å². The van der Waals surface area contributed by atoms with Gasteiger partial charge in [-0.3, -0.25) is 9.69 Å². The molecule has 0 spiro atoms. The quantitative estimate of drug-likeness (QED) is 0.879. The van der Waals surface area contributed by atoms with Gasteiger partial charge in [0.25, 0.3) is 0 Å². The molecule has 2 N–H and O–H groups in total. The van der Waals surface area contributed by atoms with Crippen molar-refractivity contribution >= 4 is 23.3 Å². The molecule has 6 heteroatoms. The number of rotatable bonds is 4. The summed E-state index contributed by atoms with van der Waals surface area (Å²) in [5.41, 5.74) is 0. The van der Waals surface area contributed by atoms with Crippen molar-refractivity contribution in [2.24, 2.45) is 0 Å². The number of piperidine rings is 1. The van der Waals surface area contributed by atoms with Crippen LogP contribution in [0.25, 0.3) is 0 Å². The van der Waals surface area contributed by atoms with Gasteiger partial charge in [-0.15, -0.1) is 0 Å². The van der Waals surface area contributed by atoms with Gasteiger partial charge >= 0.3 is 0 Å². The smallest absolute Gasteiger partial charge is 0.239 e. The first kappa shape index (κ1) is 14.2. The van der Waals surface area contributed by atoms with Gasteiger partial charge in [0.05, 0.1) is 18.2 Å². The molecule has 0 saturated carbocycles. The maximum atomic E-state index is 11.9. The summed E-state index contributed by atoms with van der Waals surface area (Å²) in [6.07, 6.45) is 4.63. The fourth-order valence-corrected chi connectivity index (χ4v) is 2.40. The lowest BCUT2D eigenvalue weighted by Crippen LogP contribution is -2.45. The number of likely N-dealkylation sites (tertiary alicyclic amines) is 1. The third-order valence-corrected chi connectivity index (χ3v) is 3.52. The van der Waals surface area contributed by atoms with Gasteiger partial charge in [0.15, 0.2) is 0 Å². The largest absolute Gasteiger partial charge is 0.395 e. The van der Waals surface area contributed by atoms with Gasteiger partial charge < -0.3 is 10.4 Å². The minimum absolute atomic E-state index is 0.0951. The van der Waals surface area contributed by atoms with Crippen molar-refractivity contribution in [3.63, 3.8) is 0 Å². The number of halogens is 1. The highest BCUT2D eigenvalue weighted by molar-refractivity contribution is 6.30. The van der Waals surface area contributed by atoms with Crippen LogP contribution in [-0.2, 0) is 4.79 Å². The number of aromatic nitrogens is 1. The monoisotopic (exact) mass is 283 g/mol. The van der Waals surface area contributed by atoms with E-state index in [1.807, 2.05) is 4.90 Å². The van der Waals surface area contributed by atoms with Crippen LogP contribution in [0.3, 0.4) is 0 Å². The third-order valence-electron chi connectivity index (χ3n) is 3.30. The van der Waals surface area contributed by atoms with Crippen molar-refractivity contribution in [1.82, 2.24) is 9.88 Å². The zero-order valence-corrected chi connectivity index (χ0v) is 11.4. The third kappa shape index (κ3) is 4.16. The Morgan fingerprint density at radius 3 is 3.05 bits per heavy atom. The predicted molar refractivity (Wildman–Crippen MR) is 74.2 cm³/mol. The van der Waals surface area contributed by atoms with Gasteiger partial charge in [0.1, 0.15) is 5.82 Å². The Hall–Kier alpha value is -1.17. The van der Waals surface area contributed by atoms with Gasteiger partial charge in [0, 0.05) is 12.2 Å². The van der Waals surface area contributed by atoms with E-state index in [0.29, 0.717) is 10.8 Å². The number of anilines is 1. The van der Waals surface area contributed by atoms with E-state index in [4.69, 9.17) is 11.6 Å². The van der Waals surface area contributed by atoms with Crippen molar-refractivity contribution in [2.45, 2.75) is 25.3 Å². The lowest BCUT2D eigenvalue weighted by Gasteiger charge is -2.33. The summed E-state index contributed by atoms with van der Waals surface area (Å²) >= 11 is 5.73. The fourth-order valence-electron chi connectivity index (χ4n) is 2.29. The Kier molecular flexibility index (Phi) is 5.13.